The number of sulfonamides is 1. The van der Waals surface area contributed by atoms with Crippen LogP contribution < -0.4 is 5.73 Å². The van der Waals surface area contributed by atoms with Crippen molar-refractivity contribution < 1.29 is 13.3 Å². The second kappa shape index (κ2) is 6.40. The first-order valence-corrected chi connectivity index (χ1v) is 8.07. The predicted octanol–water partition coefficient (Wildman–Crippen LogP) is 2.23. The number of nitrogen functional groups attached to an aromatic ring is 1. The van der Waals surface area contributed by atoms with Crippen LogP contribution in [0.4, 0.5) is 11.4 Å². The van der Waals surface area contributed by atoms with E-state index >= 15 is 0 Å². The van der Waals surface area contributed by atoms with Crippen molar-refractivity contribution in [2.75, 3.05) is 12.3 Å². The zero-order valence-corrected chi connectivity index (χ0v) is 13.4. The van der Waals surface area contributed by atoms with Gasteiger partial charge < -0.3 is 5.73 Å². The SMILES string of the molecule is CC(C)CN(C(C)C)S(=O)(=O)c1ccc([N+](=O)[O-])c(N)c1. The van der Waals surface area contributed by atoms with Crippen molar-refractivity contribution in [1.29, 1.82) is 0 Å². The molecule has 7 nitrogen and oxygen atoms in total. The van der Waals surface area contributed by atoms with Gasteiger partial charge in [0.15, 0.2) is 0 Å². The maximum absolute atomic E-state index is 12.6. The van der Waals surface area contributed by atoms with E-state index in [0.717, 1.165) is 12.1 Å². The maximum atomic E-state index is 12.6. The highest BCUT2D eigenvalue weighted by Gasteiger charge is 2.28. The van der Waals surface area contributed by atoms with E-state index in [0.29, 0.717) is 6.54 Å². The highest BCUT2D eigenvalue weighted by molar-refractivity contribution is 7.89. The number of nitrogens with two attached hydrogens (primary N) is 1. The van der Waals surface area contributed by atoms with Crippen LogP contribution in [-0.2, 0) is 10.0 Å². The number of hydrogen-bond donors (Lipinski definition) is 1. The number of anilines is 1. The molecule has 0 amide bonds. The van der Waals surface area contributed by atoms with Crippen molar-refractivity contribution in [3.63, 3.8) is 0 Å². The van der Waals surface area contributed by atoms with E-state index in [9.17, 15) is 18.5 Å². The van der Waals surface area contributed by atoms with Gasteiger partial charge in [0.2, 0.25) is 10.0 Å². The molecular formula is C13H21N3O4S. The standard InChI is InChI=1S/C13H21N3O4S/c1-9(2)8-15(10(3)4)21(19,20)11-5-6-13(16(17)18)12(14)7-11/h5-7,9-10H,8,14H2,1-4H3. The van der Waals surface area contributed by atoms with Crippen LogP contribution in [0.25, 0.3) is 0 Å². The molecular weight excluding hydrogens is 294 g/mol. The molecule has 1 aromatic rings. The third-order valence-electron chi connectivity index (χ3n) is 2.92. The second-order valence-corrected chi connectivity index (χ2v) is 7.43. The number of benzene rings is 1. The van der Waals surface area contributed by atoms with Crippen LogP contribution >= 0.6 is 0 Å². The lowest BCUT2D eigenvalue weighted by molar-refractivity contribution is -0.383. The van der Waals surface area contributed by atoms with Crippen LogP contribution in [0.3, 0.4) is 0 Å². The lowest BCUT2D eigenvalue weighted by Gasteiger charge is -2.27. The maximum Gasteiger partial charge on any atom is 0.292 e. The Balaban J connectivity index is 3.29. The van der Waals surface area contributed by atoms with Crippen LogP contribution in [0, 0.1) is 16.0 Å². The van der Waals surface area contributed by atoms with Gasteiger partial charge in [0.05, 0.1) is 9.82 Å². The van der Waals surface area contributed by atoms with Gasteiger partial charge in [-0.1, -0.05) is 13.8 Å². The molecule has 21 heavy (non-hydrogen) atoms. The third kappa shape index (κ3) is 3.92. The summed E-state index contributed by atoms with van der Waals surface area (Å²) in [6.07, 6.45) is 0. The van der Waals surface area contributed by atoms with Gasteiger partial charge in [0.1, 0.15) is 5.69 Å². The molecule has 0 spiro atoms. The van der Waals surface area contributed by atoms with Gasteiger partial charge in [-0.05, 0) is 31.9 Å². The molecule has 0 heterocycles. The van der Waals surface area contributed by atoms with Crippen molar-refractivity contribution in [3.8, 4) is 0 Å². The fourth-order valence-electron chi connectivity index (χ4n) is 1.94. The van der Waals surface area contributed by atoms with E-state index in [-0.39, 0.29) is 28.2 Å². The lowest BCUT2D eigenvalue weighted by atomic mass is 10.2. The molecule has 0 aliphatic rings. The van der Waals surface area contributed by atoms with E-state index < -0.39 is 14.9 Å². The minimum atomic E-state index is -3.73. The van der Waals surface area contributed by atoms with Gasteiger partial charge in [0.25, 0.3) is 5.69 Å². The molecule has 1 aromatic carbocycles. The normalized spacial score (nSPS) is 12.3. The van der Waals surface area contributed by atoms with Crippen molar-refractivity contribution >= 4 is 21.4 Å². The van der Waals surface area contributed by atoms with Crippen LogP contribution in [0.15, 0.2) is 23.1 Å². The summed E-state index contributed by atoms with van der Waals surface area (Å²) >= 11 is 0. The Morgan fingerprint density at radius 1 is 1.29 bits per heavy atom. The number of nitro benzene ring substituents is 1. The topological polar surface area (TPSA) is 107 Å². The predicted molar refractivity (Wildman–Crippen MR) is 81.4 cm³/mol. The molecule has 0 unspecified atom stereocenters. The minimum Gasteiger partial charge on any atom is -0.393 e. The molecule has 0 aliphatic heterocycles. The van der Waals surface area contributed by atoms with E-state index in [1.165, 1.54) is 10.4 Å². The van der Waals surface area contributed by atoms with Crippen LogP contribution in [0.2, 0.25) is 0 Å². The Labute approximate surface area is 124 Å². The number of nitro groups is 1. The molecule has 0 radical (unpaired) electrons. The summed E-state index contributed by atoms with van der Waals surface area (Å²) < 4.78 is 26.7. The number of rotatable bonds is 6. The molecule has 0 saturated heterocycles. The van der Waals surface area contributed by atoms with Crippen molar-refractivity contribution in [1.82, 2.24) is 4.31 Å². The fourth-order valence-corrected chi connectivity index (χ4v) is 3.78. The Kier molecular flexibility index (Phi) is 5.30. The molecule has 0 saturated carbocycles. The fraction of sp³-hybridized carbons (Fsp3) is 0.538. The molecule has 2 N–H and O–H groups in total. The average Bonchev–Trinajstić information content (AvgIpc) is 2.34. The quantitative estimate of drug-likeness (QED) is 0.492. The zero-order valence-electron chi connectivity index (χ0n) is 12.6. The van der Waals surface area contributed by atoms with Gasteiger partial charge in [0, 0.05) is 18.7 Å². The van der Waals surface area contributed by atoms with E-state index in [1.807, 2.05) is 13.8 Å². The first-order valence-electron chi connectivity index (χ1n) is 6.63. The second-order valence-electron chi connectivity index (χ2n) is 5.54. The number of hydrogen-bond acceptors (Lipinski definition) is 5. The van der Waals surface area contributed by atoms with Crippen LogP contribution in [0.1, 0.15) is 27.7 Å². The lowest BCUT2D eigenvalue weighted by Crippen LogP contribution is -2.39. The van der Waals surface area contributed by atoms with Gasteiger partial charge >= 0.3 is 0 Å². The molecule has 0 atom stereocenters. The molecule has 8 heteroatoms. The van der Waals surface area contributed by atoms with Gasteiger partial charge in [-0.25, -0.2) is 8.42 Å². The highest BCUT2D eigenvalue weighted by atomic mass is 32.2. The Hall–Kier alpha value is -1.67. The first-order chi connectivity index (χ1) is 9.57. The van der Waals surface area contributed by atoms with E-state index in [2.05, 4.69) is 0 Å². The zero-order chi connectivity index (χ0) is 16.4. The van der Waals surface area contributed by atoms with Crippen LogP contribution in [-0.4, -0.2) is 30.2 Å². The van der Waals surface area contributed by atoms with Crippen molar-refractivity contribution in [2.24, 2.45) is 5.92 Å². The largest absolute Gasteiger partial charge is 0.393 e. The summed E-state index contributed by atoms with van der Waals surface area (Å²) in [7, 11) is -3.73. The Morgan fingerprint density at radius 3 is 2.24 bits per heavy atom. The third-order valence-corrected chi connectivity index (χ3v) is 4.96. The average molecular weight is 315 g/mol. The summed E-state index contributed by atoms with van der Waals surface area (Å²) in [5.74, 6) is 0.164. The smallest absolute Gasteiger partial charge is 0.292 e. The van der Waals surface area contributed by atoms with Gasteiger partial charge in [-0.3, -0.25) is 10.1 Å². The molecule has 0 fully saturated rings. The summed E-state index contributed by atoms with van der Waals surface area (Å²) in [5.41, 5.74) is 5.12. The molecule has 0 bridgehead atoms. The molecule has 0 aromatic heterocycles. The molecule has 118 valence electrons. The Morgan fingerprint density at radius 2 is 1.86 bits per heavy atom. The monoisotopic (exact) mass is 315 g/mol. The first kappa shape index (κ1) is 17.4. The summed E-state index contributed by atoms with van der Waals surface area (Å²) in [6.45, 7) is 7.80. The molecule has 1 rings (SSSR count). The molecule has 0 aliphatic carbocycles. The number of nitrogens with zero attached hydrogens (tertiary/aromatic N) is 2. The highest BCUT2D eigenvalue weighted by Crippen LogP contribution is 2.27. The van der Waals surface area contributed by atoms with E-state index in [1.54, 1.807) is 13.8 Å². The summed E-state index contributed by atoms with van der Waals surface area (Å²) in [4.78, 5) is 10.1. The Bertz CT molecular complexity index is 626. The van der Waals surface area contributed by atoms with Crippen LogP contribution in [0.5, 0.6) is 0 Å². The minimum absolute atomic E-state index is 0.0278. The van der Waals surface area contributed by atoms with E-state index in [4.69, 9.17) is 5.73 Å². The summed E-state index contributed by atoms with van der Waals surface area (Å²) in [5, 5.41) is 10.7. The summed E-state index contributed by atoms with van der Waals surface area (Å²) in [6, 6.07) is 3.27. The van der Waals surface area contributed by atoms with Gasteiger partial charge in [-0.15, -0.1) is 0 Å². The van der Waals surface area contributed by atoms with Gasteiger partial charge in [-0.2, -0.15) is 4.31 Å². The van der Waals surface area contributed by atoms with Crippen molar-refractivity contribution in [2.45, 2.75) is 38.6 Å². The van der Waals surface area contributed by atoms with Crippen molar-refractivity contribution in [3.05, 3.63) is 28.3 Å².